The summed E-state index contributed by atoms with van der Waals surface area (Å²) in [5.41, 5.74) is -2.09. The van der Waals surface area contributed by atoms with E-state index in [2.05, 4.69) is 4.98 Å². The molecule has 1 unspecified atom stereocenters. The molecule has 1 aliphatic heterocycles. The zero-order valence-corrected chi connectivity index (χ0v) is 19.8. The van der Waals surface area contributed by atoms with Crippen molar-refractivity contribution < 1.29 is 45.9 Å². The van der Waals surface area contributed by atoms with Crippen LogP contribution in [0.1, 0.15) is 22.0 Å². The number of anilines is 1. The molecule has 1 atom stereocenters. The van der Waals surface area contributed by atoms with Gasteiger partial charge in [-0.05, 0) is 30.3 Å². The average Bonchev–Trinajstić information content (AvgIpc) is 3.06. The predicted molar refractivity (Wildman–Crippen MR) is 121 cm³/mol. The molecule has 2 aromatic carbocycles. The van der Waals surface area contributed by atoms with Gasteiger partial charge >= 0.3 is 24.0 Å². The van der Waals surface area contributed by atoms with Gasteiger partial charge in [-0.3, -0.25) is 14.4 Å². The van der Waals surface area contributed by atoms with Gasteiger partial charge in [0.1, 0.15) is 17.2 Å². The maximum absolute atomic E-state index is 14.0. The summed E-state index contributed by atoms with van der Waals surface area (Å²) in [6.45, 7) is 0. The van der Waals surface area contributed by atoms with Crippen molar-refractivity contribution in [2.45, 2.75) is 12.3 Å². The number of hydrogen-bond donors (Lipinski definition) is 0. The van der Waals surface area contributed by atoms with Gasteiger partial charge in [0.05, 0.1) is 21.9 Å². The Morgan fingerprint density at radius 1 is 0.921 bits per heavy atom. The average molecular weight is 574 g/mol. The van der Waals surface area contributed by atoms with E-state index >= 15 is 0 Å². The summed E-state index contributed by atoms with van der Waals surface area (Å²) in [6.07, 6.45) is -6.73. The van der Waals surface area contributed by atoms with Crippen LogP contribution in [0.4, 0.5) is 32.4 Å². The Hall–Kier alpha value is -4.10. The number of nitrogens with zero attached hydrogens (tertiary/aromatic N) is 3. The summed E-state index contributed by atoms with van der Waals surface area (Å²) in [5, 5.41) is -0.144. The molecule has 8 nitrogen and oxygen atoms in total. The minimum Gasteiger partial charge on any atom is -0.460 e. The number of halogens is 7. The molecule has 1 saturated heterocycles. The fourth-order valence-electron chi connectivity index (χ4n) is 3.38. The fraction of sp³-hybridized carbons (Fsp3) is 0.0870. The first-order valence-corrected chi connectivity index (χ1v) is 10.9. The third-order valence-corrected chi connectivity index (χ3v) is 5.85. The van der Waals surface area contributed by atoms with Crippen molar-refractivity contribution in [3.8, 4) is 5.88 Å². The number of carbonyl (C=O) groups is 4. The highest BCUT2D eigenvalue weighted by Crippen LogP contribution is 2.38. The summed E-state index contributed by atoms with van der Waals surface area (Å²) in [5.74, 6) is -8.38. The van der Waals surface area contributed by atoms with Crippen molar-refractivity contribution in [3.05, 3.63) is 87.5 Å². The van der Waals surface area contributed by atoms with Crippen LogP contribution in [0.2, 0.25) is 10.0 Å². The van der Waals surface area contributed by atoms with Crippen LogP contribution < -0.4 is 9.64 Å². The third kappa shape index (κ3) is 4.89. The molecule has 5 amide bonds. The quantitative estimate of drug-likeness (QED) is 0.173. The van der Waals surface area contributed by atoms with Gasteiger partial charge in [-0.1, -0.05) is 35.3 Å². The molecule has 1 aromatic heterocycles. The van der Waals surface area contributed by atoms with Crippen LogP contribution in [-0.2, 0) is 9.59 Å². The van der Waals surface area contributed by atoms with E-state index in [-0.39, 0.29) is 19.8 Å². The Morgan fingerprint density at radius 3 is 2.13 bits per heavy atom. The van der Waals surface area contributed by atoms with E-state index in [9.17, 15) is 41.1 Å². The zero-order valence-electron chi connectivity index (χ0n) is 18.3. The highest BCUT2D eigenvalue weighted by molar-refractivity contribution is 6.56. The van der Waals surface area contributed by atoms with Gasteiger partial charge < -0.3 is 4.74 Å². The molecule has 0 spiro atoms. The topological polar surface area (TPSA) is 96.9 Å². The Balaban J connectivity index is 1.60. The van der Waals surface area contributed by atoms with Crippen molar-refractivity contribution in [1.29, 1.82) is 0 Å². The van der Waals surface area contributed by atoms with Crippen LogP contribution in [0.25, 0.3) is 0 Å². The molecular formula is C23H10Cl2F5N3O5. The number of hydrogen-bond acceptors (Lipinski definition) is 6. The van der Waals surface area contributed by atoms with E-state index in [1.54, 1.807) is 0 Å². The number of amides is 5. The van der Waals surface area contributed by atoms with Crippen LogP contribution in [0.15, 0.2) is 54.7 Å². The number of aromatic nitrogens is 1. The molecule has 1 aliphatic rings. The minimum absolute atomic E-state index is 0.0126. The lowest BCUT2D eigenvalue weighted by atomic mass is 10.1. The highest BCUT2D eigenvalue weighted by atomic mass is 35.5. The van der Waals surface area contributed by atoms with E-state index in [1.165, 1.54) is 0 Å². The van der Waals surface area contributed by atoms with Crippen LogP contribution in [-0.4, -0.2) is 39.8 Å². The first-order valence-electron chi connectivity index (χ1n) is 10.2. The van der Waals surface area contributed by atoms with Crippen molar-refractivity contribution in [3.63, 3.8) is 0 Å². The number of urea groups is 1. The summed E-state index contributed by atoms with van der Waals surface area (Å²) in [7, 11) is 0. The molecule has 38 heavy (non-hydrogen) atoms. The highest BCUT2D eigenvalue weighted by Gasteiger charge is 2.50. The maximum atomic E-state index is 14.0. The molecule has 15 heteroatoms. The lowest BCUT2D eigenvalue weighted by Crippen LogP contribution is -2.39. The van der Waals surface area contributed by atoms with Crippen molar-refractivity contribution in [2.75, 3.05) is 4.90 Å². The molecule has 1 fully saturated rings. The normalized spacial score (nSPS) is 14.8. The lowest BCUT2D eigenvalue weighted by Gasteiger charge is -2.22. The van der Waals surface area contributed by atoms with Gasteiger partial charge in [0, 0.05) is 11.6 Å². The van der Waals surface area contributed by atoms with Crippen LogP contribution in [0, 0.1) is 11.6 Å². The Bertz CT molecular complexity index is 1460. The molecule has 0 aliphatic carbocycles. The van der Waals surface area contributed by atoms with Crippen LogP contribution >= 0.6 is 23.2 Å². The largest absolute Gasteiger partial charge is 0.460 e. The predicted octanol–water partition coefficient (Wildman–Crippen LogP) is 5.48. The second-order valence-corrected chi connectivity index (χ2v) is 8.35. The molecule has 4 rings (SSSR count). The summed E-state index contributed by atoms with van der Waals surface area (Å²) >= 11 is 11.5. The number of rotatable bonds is 5. The van der Waals surface area contributed by atoms with Gasteiger partial charge in [0.25, 0.3) is 5.91 Å². The lowest BCUT2D eigenvalue weighted by molar-refractivity contribution is -0.198. The summed E-state index contributed by atoms with van der Waals surface area (Å²) < 4.78 is 73.9. The van der Waals surface area contributed by atoms with E-state index in [1.807, 2.05) is 0 Å². The van der Waals surface area contributed by atoms with Gasteiger partial charge in [0.2, 0.25) is 12.0 Å². The summed E-state index contributed by atoms with van der Waals surface area (Å²) in [4.78, 5) is 53.5. The van der Waals surface area contributed by atoms with Crippen molar-refractivity contribution in [1.82, 2.24) is 9.88 Å². The van der Waals surface area contributed by atoms with E-state index < -0.39 is 70.4 Å². The maximum Gasteiger partial charge on any atom is 0.429 e. The number of benzene rings is 2. The smallest absolute Gasteiger partial charge is 0.429 e. The fourth-order valence-corrected chi connectivity index (χ4v) is 3.69. The number of imide groups is 4. The van der Waals surface area contributed by atoms with Crippen molar-refractivity contribution in [2.24, 2.45) is 0 Å². The SMILES string of the molecule is O=C1C(=O)N(c2ccc(OC(c3ccc(Cl)c(Cl)c3)C(F)(F)F)nc2)C(=O)N1C(=O)c1c(F)cccc1F. The first kappa shape index (κ1) is 26.9. The Kier molecular flexibility index (Phi) is 7.08. The van der Waals surface area contributed by atoms with Gasteiger partial charge in [0.15, 0.2) is 0 Å². The first-order chi connectivity index (χ1) is 17.8. The van der Waals surface area contributed by atoms with Crippen molar-refractivity contribution >= 4 is 52.6 Å². The van der Waals surface area contributed by atoms with E-state index in [4.69, 9.17) is 27.9 Å². The van der Waals surface area contributed by atoms with E-state index in [0.29, 0.717) is 12.1 Å². The standard InChI is InChI=1S/C23H10Cl2F5N3O5/c24-12-6-4-10(8-13(12)25)18(23(28,29)30)38-16-7-5-11(9-31-16)32-20(35)21(36)33(22(32)37)19(34)17-14(26)2-1-3-15(17)27/h1-9,18H. The molecular weight excluding hydrogens is 564 g/mol. The molecule has 0 saturated carbocycles. The zero-order chi connectivity index (χ0) is 27.9. The minimum atomic E-state index is -4.92. The summed E-state index contributed by atoms with van der Waals surface area (Å²) in [6, 6.07) is 5.67. The number of carbonyl (C=O) groups excluding carboxylic acids is 4. The van der Waals surface area contributed by atoms with Crippen LogP contribution in [0.3, 0.4) is 0 Å². The Morgan fingerprint density at radius 2 is 1.58 bits per heavy atom. The second-order valence-electron chi connectivity index (χ2n) is 7.53. The molecule has 0 N–H and O–H groups in total. The van der Waals surface area contributed by atoms with Crippen LogP contribution in [0.5, 0.6) is 5.88 Å². The molecule has 0 radical (unpaired) electrons. The monoisotopic (exact) mass is 573 g/mol. The number of ether oxygens (including phenoxy) is 1. The molecule has 196 valence electrons. The molecule has 2 heterocycles. The van der Waals surface area contributed by atoms with Gasteiger partial charge in [-0.15, -0.1) is 0 Å². The molecule has 3 aromatic rings. The number of alkyl halides is 3. The van der Waals surface area contributed by atoms with Gasteiger partial charge in [-0.2, -0.15) is 18.1 Å². The third-order valence-electron chi connectivity index (χ3n) is 5.11. The van der Waals surface area contributed by atoms with E-state index in [0.717, 1.165) is 42.6 Å². The Labute approximate surface area is 219 Å². The molecule has 0 bridgehead atoms. The number of pyridine rings is 1. The van der Waals surface area contributed by atoms with Gasteiger partial charge in [-0.25, -0.2) is 23.5 Å². The second kappa shape index (κ2) is 9.99.